The number of hydrogen-bond donors (Lipinski definition) is 2. The largest absolute Gasteiger partial charge is 0.479 e. The van der Waals surface area contributed by atoms with Gasteiger partial charge in [-0.3, -0.25) is 20.2 Å². The summed E-state index contributed by atoms with van der Waals surface area (Å²) >= 11 is 3.17. The van der Waals surface area contributed by atoms with Gasteiger partial charge < -0.3 is 10.1 Å². The van der Waals surface area contributed by atoms with E-state index >= 15 is 0 Å². The van der Waals surface area contributed by atoms with E-state index in [-0.39, 0.29) is 11.4 Å². The van der Waals surface area contributed by atoms with Crippen LogP contribution in [0.2, 0.25) is 0 Å². The summed E-state index contributed by atoms with van der Waals surface area (Å²) in [6.45, 7) is 3.52. The van der Waals surface area contributed by atoms with Gasteiger partial charge in [0.1, 0.15) is 5.75 Å². The van der Waals surface area contributed by atoms with Gasteiger partial charge in [0.2, 0.25) is 0 Å². The van der Waals surface area contributed by atoms with E-state index in [9.17, 15) is 19.7 Å². The highest BCUT2D eigenvalue weighted by Gasteiger charge is 2.19. The highest BCUT2D eigenvalue weighted by atomic mass is 79.9. The van der Waals surface area contributed by atoms with Gasteiger partial charge in [-0.1, -0.05) is 0 Å². The van der Waals surface area contributed by atoms with Crippen molar-refractivity contribution in [3.63, 3.8) is 0 Å². The molecule has 1 aromatic rings. The Balaban J connectivity index is 2.76. The van der Waals surface area contributed by atoms with Crippen molar-refractivity contribution in [2.24, 2.45) is 0 Å². The number of imide groups is 1. The van der Waals surface area contributed by atoms with Crippen molar-refractivity contribution in [3.05, 3.63) is 32.8 Å². The fraction of sp³-hybridized carbons (Fsp3) is 0.333. The van der Waals surface area contributed by atoms with E-state index in [0.29, 0.717) is 11.0 Å². The predicted octanol–water partition coefficient (Wildman–Crippen LogP) is 1.97. The molecule has 1 atom stereocenters. The lowest BCUT2D eigenvalue weighted by molar-refractivity contribution is -0.385. The van der Waals surface area contributed by atoms with E-state index < -0.39 is 23.0 Å². The molecule has 9 heteroatoms. The Bertz CT molecular complexity index is 564. The van der Waals surface area contributed by atoms with Crippen LogP contribution in [0, 0.1) is 10.1 Å². The molecule has 0 saturated carbocycles. The van der Waals surface area contributed by atoms with Crippen molar-refractivity contribution in [2.45, 2.75) is 20.0 Å². The molecule has 1 rings (SSSR count). The molecule has 2 N–H and O–H groups in total. The Morgan fingerprint density at radius 1 is 1.48 bits per heavy atom. The molecule has 21 heavy (non-hydrogen) atoms. The summed E-state index contributed by atoms with van der Waals surface area (Å²) in [7, 11) is 0. The number of carbonyl (C=O) groups is 2. The van der Waals surface area contributed by atoms with Gasteiger partial charge in [-0.2, -0.15) is 0 Å². The fourth-order valence-electron chi connectivity index (χ4n) is 1.36. The first-order valence-corrected chi connectivity index (χ1v) is 6.83. The lowest BCUT2D eigenvalue weighted by atomic mass is 10.3. The summed E-state index contributed by atoms with van der Waals surface area (Å²) < 4.78 is 5.80. The molecule has 0 spiro atoms. The molecule has 1 aromatic carbocycles. The number of halogens is 1. The smallest absolute Gasteiger partial charge is 0.321 e. The van der Waals surface area contributed by atoms with Crippen LogP contribution >= 0.6 is 15.9 Å². The molecule has 0 radical (unpaired) electrons. The third-order valence-corrected chi connectivity index (χ3v) is 3.03. The number of ether oxygens (including phenoxy) is 1. The van der Waals surface area contributed by atoms with Crippen molar-refractivity contribution in [2.75, 3.05) is 6.54 Å². The number of urea groups is 1. The number of hydrogen-bond acceptors (Lipinski definition) is 5. The van der Waals surface area contributed by atoms with E-state index in [0.717, 1.165) is 0 Å². The van der Waals surface area contributed by atoms with Crippen LogP contribution in [0.25, 0.3) is 0 Å². The number of nitro groups is 1. The van der Waals surface area contributed by atoms with Crippen LogP contribution in [0.5, 0.6) is 5.75 Å². The first kappa shape index (κ1) is 16.9. The maximum atomic E-state index is 11.7. The minimum atomic E-state index is -0.995. The van der Waals surface area contributed by atoms with Gasteiger partial charge in [-0.05, 0) is 35.8 Å². The maximum Gasteiger partial charge on any atom is 0.321 e. The lowest BCUT2D eigenvalue weighted by Gasteiger charge is -2.15. The number of non-ortho nitro benzene ring substituents is 1. The minimum Gasteiger partial charge on any atom is -0.479 e. The van der Waals surface area contributed by atoms with Gasteiger partial charge in [0.15, 0.2) is 6.10 Å². The summed E-state index contributed by atoms with van der Waals surface area (Å²) in [5.74, 6) is -0.512. The first-order valence-electron chi connectivity index (χ1n) is 6.04. The molecular formula is C12H14BrN3O5. The summed E-state index contributed by atoms with van der Waals surface area (Å²) in [5, 5.41) is 15.2. The average Bonchev–Trinajstić information content (AvgIpc) is 2.40. The van der Waals surface area contributed by atoms with Crippen molar-refractivity contribution in [3.8, 4) is 5.75 Å². The van der Waals surface area contributed by atoms with Crippen LogP contribution in [0.1, 0.15) is 13.8 Å². The summed E-state index contributed by atoms with van der Waals surface area (Å²) in [4.78, 5) is 33.1. The van der Waals surface area contributed by atoms with Crippen molar-refractivity contribution in [1.29, 1.82) is 0 Å². The van der Waals surface area contributed by atoms with Crippen molar-refractivity contribution in [1.82, 2.24) is 10.6 Å². The number of nitro benzene ring substituents is 1. The van der Waals surface area contributed by atoms with Gasteiger partial charge in [0, 0.05) is 12.6 Å². The zero-order valence-corrected chi connectivity index (χ0v) is 13.0. The Hall–Kier alpha value is -2.16. The Morgan fingerprint density at radius 2 is 2.14 bits per heavy atom. The van der Waals surface area contributed by atoms with Gasteiger partial charge in [0.25, 0.3) is 11.6 Å². The Kier molecular flexibility index (Phi) is 6.10. The molecule has 114 valence electrons. The number of carbonyl (C=O) groups excluding carboxylic acids is 2. The summed E-state index contributed by atoms with van der Waals surface area (Å²) in [6.07, 6.45) is -0.995. The molecule has 8 nitrogen and oxygen atoms in total. The maximum absolute atomic E-state index is 11.7. The molecule has 0 saturated heterocycles. The molecule has 0 aliphatic carbocycles. The van der Waals surface area contributed by atoms with E-state index in [1.807, 2.05) is 0 Å². The van der Waals surface area contributed by atoms with Crippen LogP contribution in [0.15, 0.2) is 22.7 Å². The second kappa shape index (κ2) is 7.58. The average molecular weight is 360 g/mol. The number of nitrogens with one attached hydrogen (secondary N) is 2. The normalized spacial score (nSPS) is 11.4. The molecule has 3 amide bonds. The SMILES string of the molecule is CCNC(=O)NC(=O)C(C)Oc1cc([N+](=O)[O-])ccc1Br. The Labute approximate surface area is 129 Å². The van der Waals surface area contributed by atoms with E-state index in [1.165, 1.54) is 25.1 Å². The van der Waals surface area contributed by atoms with Crippen LogP contribution in [-0.2, 0) is 4.79 Å². The van der Waals surface area contributed by atoms with Gasteiger partial charge in [0.05, 0.1) is 15.5 Å². The third-order valence-electron chi connectivity index (χ3n) is 2.37. The first-order chi connectivity index (χ1) is 9.85. The predicted molar refractivity (Wildman–Crippen MR) is 78.1 cm³/mol. The molecule has 0 aliphatic heterocycles. The summed E-state index contributed by atoms with van der Waals surface area (Å²) in [6, 6.07) is 3.31. The number of nitrogens with zero attached hydrogens (tertiary/aromatic N) is 1. The van der Waals surface area contributed by atoms with Gasteiger partial charge in [-0.15, -0.1) is 0 Å². The second-order valence-corrected chi connectivity index (χ2v) is 4.83. The zero-order valence-electron chi connectivity index (χ0n) is 11.4. The number of rotatable bonds is 5. The van der Waals surface area contributed by atoms with Crippen molar-refractivity contribution < 1.29 is 19.2 Å². The third kappa shape index (κ3) is 5.03. The van der Waals surface area contributed by atoms with E-state index in [2.05, 4.69) is 26.6 Å². The van der Waals surface area contributed by atoms with Crippen LogP contribution in [-0.4, -0.2) is 29.5 Å². The molecule has 0 bridgehead atoms. The summed E-state index contributed by atoms with van der Waals surface area (Å²) in [5.41, 5.74) is -0.162. The van der Waals surface area contributed by atoms with Crippen LogP contribution in [0.4, 0.5) is 10.5 Å². The number of benzene rings is 1. The van der Waals surface area contributed by atoms with E-state index in [4.69, 9.17) is 4.74 Å². The van der Waals surface area contributed by atoms with Crippen molar-refractivity contribution >= 4 is 33.6 Å². The Morgan fingerprint density at radius 3 is 2.71 bits per heavy atom. The van der Waals surface area contributed by atoms with Gasteiger partial charge in [-0.25, -0.2) is 4.79 Å². The monoisotopic (exact) mass is 359 g/mol. The lowest BCUT2D eigenvalue weighted by Crippen LogP contribution is -2.45. The highest BCUT2D eigenvalue weighted by molar-refractivity contribution is 9.10. The highest BCUT2D eigenvalue weighted by Crippen LogP contribution is 2.30. The van der Waals surface area contributed by atoms with Crippen LogP contribution < -0.4 is 15.4 Å². The molecule has 0 aliphatic rings. The second-order valence-electron chi connectivity index (χ2n) is 3.98. The molecule has 0 fully saturated rings. The number of amides is 3. The standard InChI is InChI=1S/C12H14BrN3O5/c1-3-14-12(18)15-11(17)7(2)21-10-6-8(16(19)20)4-5-9(10)13/h4-7H,3H2,1-2H3,(H2,14,15,17,18). The zero-order chi connectivity index (χ0) is 16.0. The molecule has 0 heterocycles. The quantitative estimate of drug-likeness (QED) is 0.616. The fourth-order valence-corrected chi connectivity index (χ4v) is 1.70. The topological polar surface area (TPSA) is 111 Å². The molecule has 1 unspecified atom stereocenters. The molecular weight excluding hydrogens is 346 g/mol. The molecule has 0 aromatic heterocycles. The van der Waals surface area contributed by atoms with Crippen LogP contribution in [0.3, 0.4) is 0 Å². The van der Waals surface area contributed by atoms with E-state index in [1.54, 1.807) is 6.92 Å². The minimum absolute atomic E-state index is 0.141. The van der Waals surface area contributed by atoms with Gasteiger partial charge >= 0.3 is 6.03 Å².